The van der Waals surface area contributed by atoms with E-state index in [9.17, 15) is 14.4 Å². The van der Waals surface area contributed by atoms with Gasteiger partial charge in [-0.1, -0.05) is 54.1 Å². The monoisotopic (exact) mass is 421 g/mol. The third-order valence-electron chi connectivity index (χ3n) is 4.32. The van der Waals surface area contributed by atoms with Gasteiger partial charge in [-0.3, -0.25) is 14.4 Å². The number of carbonyl (C=O) groups excluding carboxylic acids is 3. The van der Waals surface area contributed by atoms with E-state index < -0.39 is 5.91 Å². The fourth-order valence-electron chi connectivity index (χ4n) is 2.81. The lowest BCUT2D eigenvalue weighted by atomic mass is 10.1. The Morgan fingerprint density at radius 2 is 1.40 bits per heavy atom. The molecule has 0 saturated carbocycles. The van der Waals surface area contributed by atoms with Crippen LogP contribution in [0.1, 0.15) is 20.7 Å². The second kappa shape index (κ2) is 9.71. The van der Waals surface area contributed by atoms with Crippen molar-refractivity contribution >= 4 is 40.7 Å². The Morgan fingerprint density at radius 3 is 2.10 bits per heavy atom. The van der Waals surface area contributed by atoms with E-state index in [1.165, 1.54) is 11.9 Å². The molecule has 0 unspecified atom stereocenters. The highest BCUT2D eigenvalue weighted by molar-refractivity contribution is 6.33. The zero-order chi connectivity index (χ0) is 21.5. The number of hydrogen-bond acceptors (Lipinski definition) is 3. The number of likely N-dealkylation sites (N-methyl/N-ethyl adjacent to an activating group) is 1. The van der Waals surface area contributed by atoms with Gasteiger partial charge in [-0.2, -0.15) is 0 Å². The van der Waals surface area contributed by atoms with Crippen LogP contribution in [0.25, 0.3) is 0 Å². The summed E-state index contributed by atoms with van der Waals surface area (Å²) in [6.07, 6.45) is 0. The number of anilines is 2. The highest BCUT2D eigenvalue weighted by Crippen LogP contribution is 2.21. The minimum atomic E-state index is -0.395. The minimum absolute atomic E-state index is 0.176. The molecular weight excluding hydrogens is 402 g/mol. The Kier molecular flexibility index (Phi) is 6.83. The lowest BCUT2D eigenvalue weighted by Gasteiger charge is -2.19. The van der Waals surface area contributed by atoms with Gasteiger partial charge in [-0.05, 0) is 36.4 Å². The van der Waals surface area contributed by atoms with Crippen LogP contribution >= 0.6 is 11.6 Å². The van der Waals surface area contributed by atoms with Crippen molar-refractivity contribution in [1.82, 2.24) is 4.90 Å². The molecule has 0 spiro atoms. The summed E-state index contributed by atoms with van der Waals surface area (Å²) in [6.45, 7) is -0.176. The first kappa shape index (κ1) is 21.1. The number of amides is 3. The highest BCUT2D eigenvalue weighted by atomic mass is 35.5. The van der Waals surface area contributed by atoms with Crippen molar-refractivity contribution in [3.05, 3.63) is 95.0 Å². The minimum Gasteiger partial charge on any atom is -0.332 e. The maximum atomic E-state index is 12.9. The second-order valence-corrected chi connectivity index (χ2v) is 6.96. The smallest absolute Gasteiger partial charge is 0.256 e. The Bertz CT molecular complexity index is 1070. The van der Waals surface area contributed by atoms with E-state index in [4.69, 9.17) is 11.6 Å². The van der Waals surface area contributed by atoms with Crippen LogP contribution in [0.15, 0.2) is 78.9 Å². The summed E-state index contributed by atoms with van der Waals surface area (Å²) < 4.78 is 0. The van der Waals surface area contributed by atoms with Gasteiger partial charge < -0.3 is 15.5 Å². The normalized spacial score (nSPS) is 10.2. The summed E-state index contributed by atoms with van der Waals surface area (Å²) in [5, 5.41) is 5.85. The van der Waals surface area contributed by atoms with E-state index in [2.05, 4.69) is 10.6 Å². The molecule has 0 aliphatic carbocycles. The van der Waals surface area contributed by atoms with Crippen molar-refractivity contribution in [2.75, 3.05) is 24.2 Å². The van der Waals surface area contributed by atoms with Gasteiger partial charge in [0.25, 0.3) is 11.8 Å². The molecule has 0 bridgehead atoms. The highest BCUT2D eigenvalue weighted by Gasteiger charge is 2.19. The Hall–Kier alpha value is -3.64. The molecule has 152 valence electrons. The molecule has 0 radical (unpaired) electrons. The summed E-state index contributed by atoms with van der Waals surface area (Å²) in [4.78, 5) is 39.0. The maximum absolute atomic E-state index is 12.9. The Balaban J connectivity index is 1.69. The number of carbonyl (C=O) groups is 3. The van der Waals surface area contributed by atoms with Gasteiger partial charge in [0.05, 0.1) is 28.5 Å². The van der Waals surface area contributed by atoms with Gasteiger partial charge in [0.2, 0.25) is 5.91 Å². The van der Waals surface area contributed by atoms with Crippen LogP contribution in [-0.4, -0.2) is 36.2 Å². The second-order valence-electron chi connectivity index (χ2n) is 6.55. The van der Waals surface area contributed by atoms with Gasteiger partial charge in [0.15, 0.2) is 0 Å². The van der Waals surface area contributed by atoms with Crippen LogP contribution in [0.2, 0.25) is 5.02 Å². The molecule has 0 aromatic heterocycles. The third kappa shape index (κ3) is 5.24. The molecule has 3 amide bonds. The molecule has 3 aromatic rings. The number of para-hydroxylation sites is 2. The molecule has 0 aliphatic heterocycles. The molecule has 0 fully saturated rings. The molecule has 0 heterocycles. The van der Waals surface area contributed by atoms with Crippen molar-refractivity contribution < 1.29 is 14.4 Å². The molecule has 6 nitrogen and oxygen atoms in total. The lowest BCUT2D eigenvalue weighted by molar-refractivity contribution is -0.116. The summed E-state index contributed by atoms with van der Waals surface area (Å²) in [7, 11) is 1.52. The average Bonchev–Trinajstić information content (AvgIpc) is 2.75. The topological polar surface area (TPSA) is 78.5 Å². The molecule has 2 N–H and O–H groups in total. The SMILES string of the molecule is CN(CC(=O)Nc1ccccc1Cl)C(=O)c1ccccc1NC(=O)c1ccccc1. The molecule has 3 aromatic carbocycles. The largest absolute Gasteiger partial charge is 0.332 e. The van der Waals surface area contributed by atoms with Crippen molar-refractivity contribution in [1.29, 1.82) is 0 Å². The summed E-state index contributed by atoms with van der Waals surface area (Å²) in [6, 6.07) is 22.2. The first-order valence-electron chi connectivity index (χ1n) is 9.21. The van der Waals surface area contributed by atoms with Crippen LogP contribution < -0.4 is 10.6 Å². The van der Waals surface area contributed by atoms with Gasteiger partial charge in [-0.15, -0.1) is 0 Å². The average molecular weight is 422 g/mol. The first-order valence-corrected chi connectivity index (χ1v) is 9.59. The zero-order valence-electron chi connectivity index (χ0n) is 16.3. The van der Waals surface area contributed by atoms with E-state index in [1.807, 2.05) is 6.07 Å². The number of rotatable bonds is 6. The van der Waals surface area contributed by atoms with Crippen LogP contribution in [0.5, 0.6) is 0 Å². The third-order valence-corrected chi connectivity index (χ3v) is 4.65. The molecular formula is C23H20ClN3O3. The van der Waals surface area contributed by atoms with E-state index in [-0.39, 0.29) is 23.9 Å². The number of benzene rings is 3. The summed E-state index contributed by atoms with van der Waals surface area (Å²) in [5.74, 6) is -1.10. The zero-order valence-corrected chi connectivity index (χ0v) is 17.0. The fourth-order valence-corrected chi connectivity index (χ4v) is 2.99. The summed E-state index contributed by atoms with van der Waals surface area (Å²) >= 11 is 6.05. The Morgan fingerprint density at radius 1 is 0.800 bits per heavy atom. The van der Waals surface area contributed by atoms with Crippen molar-refractivity contribution in [3.8, 4) is 0 Å². The number of nitrogens with one attached hydrogen (secondary N) is 2. The van der Waals surface area contributed by atoms with Crippen molar-refractivity contribution in [2.24, 2.45) is 0 Å². The van der Waals surface area contributed by atoms with Crippen molar-refractivity contribution in [3.63, 3.8) is 0 Å². The summed E-state index contributed by atoms with van der Waals surface area (Å²) in [5.41, 5.74) is 1.61. The quantitative estimate of drug-likeness (QED) is 0.622. The van der Waals surface area contributed by atoms with Gasteiger partial charge in [0, 0.05) is 12.6 Å². The molecule has 0 aliphatic rings. The van der Waals surface area contributed by atoms with Gasteiger partial charge in [0.1, 0.15) is 0 Å². The standard InChI is InChI=1S/C23H20ClN3O3/c1-27(15-21(28)25-20-14-8-6-12-18(20)24)23(30)17-11-5-7-13-19(17)26-22(29)16-9-3-2-4-10-16/h2-14H,15H2,1H3,(H,25,28)(H,26,29). The van der Waals surface area contributed by atoms with E-state index in [0.29, 0.717) is 22.0 Å². The van der Waals surface area contributed by atoms with E-state index in [0.717, 1.165) is 0 Å². The number of hydrogen-bond donors (Lipinski definition) is 2. The predicted molar refractivity (Wildman–Crippen MR) is 118 cm³/mol. The van der Waals surface area contributed by atoms with Crippen molar-refractivity contribution in [2.45, 2.75) is 0 Å². The van der Waals surface area contributed by atoms with Gasteiger partial charge in [-0.25, -0.2) is 0 Å². The Labute approximate surface area is 179 Å². The van der Waals surface area contributed by atoms with Crippen LogP contribution in [0, 0.1) is 0 Å². The molecule has 30 heavy (non-hydrogen) atoms. The van der Waals surface area contributed by atoms with Crippen LogP contribution in [-0.2, 0) is 4.79 Å². The first-order chi connectivity index (χ1) is 14.5. The predicted octanol–water partition coefficient (Wildman–Crippen LogP) is 4.30. The van der Waals surface area contributed by atoms with Crippen LogP contribution in [0.4, 0.5) is 11.4 Å². The van der Waals surface area contributed by atoms with Gasteiger partial charge >= 0.3 is 0 Å². The lowest BCUT2D eigenvalue weighted by Crippen LogP contribution is -2.35. The molecule has 0 atom stereocenters. The fraction of sp³-hybridized carbons (Fsp3) is 0.0870. The number of nitrogens with zero attached hydrogens (tertiary/aromatic N) is 1. The maximum Gasteiger partial charge on any atom is 0.256 e. The molecule has 3 rings (SSSR count). The number of halogens is 1. The van der Waals surface area contributed by atoms with E-state index >= 15 is 0 Å². The molecule has 7 heteroatoms. The van der Waals surface area contributed by atoms with E-state index in [1.54, 1.807) is 72.8 Å². The molecule has 0 saturated heterocycles. The van der Waals surface area contributed by atoms with Crippen LogP contribution in [0.3, 0.4) is 0 Å².